The molecule has 1 unspecified atom stereocenters. The molecule has 0 aromatic heterocycles. The number of ether oxygens (including phenoxy) is 2. The van der Waals surface area contributed by atoms with Gasteiger partial charge in [-0.05, 0) is 38.5 Å². The van der Waals surface area contributed by atoms with Crippen LogP contribution >= 0.6 is 0 Å². The van der Waals surface area contributed by atoms with Crippen molar-refractivity contribution >= 4 is 11.8 Å². The van der Waals surface area contributed by atoms with Gasteiger partial charge in [-0.25, -0.2) is 0 Å². The number of hydrogen-bond acceptors (Lipinski definition) is 4. The normalized spacial score (nSPS) is 19.0. The molecule has 4 nitrogen and oxygen atoms in total. The second-order valence-corrected chi connectivity index (χ2v) is 6.15. The van der Waals surface area contributed by atoms with Gasteiger partial charge in [0.25, 0.3) is 0 Å². The van der Waals surface area contributed by atoms with Crippen molar-refractivity contribution in [1.82, 2.24) is 0 Å². The lowest BCUT2D eigenvalue weighted by molar-refractivity contribution is -0.165. The third-order valence-electron chi connectivity index (χ3n) is 4.60. The van der Waals surface area contributed by atoms with Crippen LogP contribution in [0.4, 0.5) is 0 Å². The highest BCUT2D eigenvalue weighted by atomic mass is 16.6. The summed E-state index contributed by atoms with van der Waals surface area (Å²) in [6.07, 6.45) is 7.40. The van der Waals surface area contributed by atoms with Gasteiger partial charge in [-0.2, -0.15) is 0 Å². The Labute approximate surface area is 128 Å². The van der Waals surface area contributed by atoms with Crippen LogP contribution in [0.15, 0.2) is 0 Å². The molecule has 0 aromatic carbocycles. The van der Waals surface area contributed by atoms with Crippen molar-refractivity contribution < 1.29 is 19.1 Å². The van der Waals surface area contributed by atoms with E-state index in [1.165, 1.54) is 6.42 Å². The van der Waals surface area contributed by atoms with Gasteiger partial charge in [0.15, 0.2) is 5.78 Å². The molecule has 4 heteroatoms. The van der Waals surface area contributed by atoms with Crippen LogP contribution in [0, 0.1) is 5.92 Å². The fourth-order valence-electron chi connectivity index (χ4n) is 2.71. The zero-order valence-corrected chi connectivity index (χ0v) is 13.8. The van der Waals surface area contributed by atoms with Gasteiger partial charge in [0.1, 0.15) is 12.2 Å². The van der Waals surface area contributed by atoms with E-state index in [2.05, 4.69) is 6.92 Å². The van der Waals surface area contributed by atoms with Crippen LogP contribution in [0.25, 0.3) is 0 Å². The largest absolute Gasteiger partial charge is 0.459 e. The first-order chi connectivity index (χ1) is 10.0. The lowest BCUT2D eigenvalue weighted by atomic mass is 9.83. The molecule has 0 heterocycles. The van der Waals surface area contributed by atoms with E-state index >= 15 is 0 Å². The quantitative estimate of drug-likeness (QED) is 0.481. The van der Waals surface area contributed by atoms with Crippen molar-refractivity contribution in [1.29, 1.82) is 0 Å². The Morgan fingerprint density at radius 2 is 1.81 bits per heavy atom. The molecular weight excluding hydrogens is 268 g/mol. The van der Waals surface area contributed by atoms with Crippen molar-refractivity contribution in [3.8, 4) is 0 Å². The Morgan fingerprint density at radius 3 is 2.38 bits per heavy atom. The number of carbonyl (C=O) groups is 2. The van der Waals surface area contributed by atoms with Crippen molar-refractivity contribution in [2.75, 3.05) is 13.2 Å². The van der Waals surface area contributed by atoms with Crippen LogP contribution < -0.4 is 0 Å². The van der Waals surface area contributed by atoms with Gasteiger partial charge in [0.2, 0.25) is 0 Å². The van der Waals surface area contributed by atoms with E-state index in [0.29, 0.717) is 0 Å². The summed E-state index contributed by atoms with van der Waals surface area (Å²) in [6, 6.07) is 0. The topological polar surface area (TPSA) is 52.6 Å². The number of rotatable bonds is 9. The van der Waals surface area contributed by atoms with Crippen molar-refractivity contribution in [3.63, 3.8) is 0 Å². The first kappa shape index (κ1) is 18.1. The van der Waals surface area contributed by atoms with E-state index in [4.69, 9.17) is 9.47 Å². The molecule has 1 atom stereocenters. The minimum Gasteiger partial charge on any atom is -0.459 e. The van der Waals surface area contributed by atoms with Crippen molar-refractivity contribution in [2.24, 2.45) is 5.92 Å². The first-order valence-electron chi connectivity index (χ1n) is 8.35. The predicted molar refractivity (Wildman–Crippen MR) is 82.1 cm³/mol. The van der Waals surface area contributed by atoms with Gasteiger partial charge < -0.3 is 9.47 Å². The number of Topliss-reactive ketones (excluding diaryl/α,β-unsaturated/α-hetero) is 1. The van der Waals surface area contributed by atoms with Gasteiger partial charge in [-0.15, -0.1) is 0 Å². The molecule has 0 N–H and O–H groups in total. The Kier molecular flexibility index (Phi) is 7.94. The zero-order chi connectivity index (χ0) is 15.7. The van der Waals surface area contributed by atoms with Crippen LogP contribution in [0.2, 0.25) is 0 Å². The lowest BCUT2D eigenvalue weighted by Gasteiger charge is -2.36. The van der Waals surface area contributed by atoms with Gasteiger partial charge >= 0.3 is 5.97 Å². The summed E-state index contributed by atoms with van der Waals surface area (Å²) in [5.41, 5.74) is -0.248. The van der Waals surface area contributed by atoms with Crippen LogP contribution in [-0.2, 0) is 19.1 Å². The summed E-state index contributed by atoms with van der Waals surface area (Å²) in [6.45, 7) is 6.32. The fourth-order valence-corrected chi connectivity index (χ4v) is 2.71. The second kappa shape index (κ2) is 9.19. The molecule has 0 saturated heterocycles. The monoisotopic (exact) mass is 298 g/mol. The maximum atomic E-state index is 11.9. The second-order valence-electron chi connectivity index (χ2n) is 6.15. The van der Waals surface area contributed by atoms with Crippen LogP contribution in [0.1, 0.15) is 72.1 Å². The summed E-state index contributed by atoms with van der Waals surface area (Å²) in [5.74, 6) is -0.0690. The summed E-state index contributed by atoms with van der Waals surface area (Å²) in [5, 5.41) is 0. The van der Waals surface area contributed by atoms with Gasteiger partial charge in [0.05, 0.1) is 13.0 Å². The minimum absolute atomic E-state index is 0.0301. The molecule has 0 amide bonds. The van der Waals surface area contributed by atoms with E-state index in [9.17, 15) is 9.59 Å². The molecular formula is C17H30O4. The Morgan fingerprint density at radius 1 is 1.14 bits per heavy atom. The molecule has 0 radical (unpaired) electrons. The molecule has 0 aliphatic heterocycles. The first-order valence-corrected chi connectivity index (χ1v) is 8.35. The molecule has 1 fully saturated rings. The summed E-state index contributed by atoms with van der Waals surface area (Å²) >= 11 is 0. The molecule has 1 saturated carbocycles. The average molecular weight is 298 g/mol. The minimum atomic E-state index is -0.248. The molecule has 1 aliphatic carbocycles. The van der Waals surface area contributed by atoms with Gasteiger partial charge in [-0.3, -0.25) is 9.59 Å². The summed E-state index contributed by atoms with van der Waals surface area (Å²) in [7, 11) is 0. The molecule has 0 spiro atoms. The van der Waals surface area contributed by atoms with Crippen LogP contribution in [-0.4, -0.2) is 30.6 Å². The maximum Gasteiger partial charge on any atom is 0.308 e. The van der Waals surface area contributed by atoms with E-state index in [0.717, 1.165) is 38.5 Å². The van der Waals surface area contributed by atoms with Crippen LogP contribution in [0.3, 0.4) is 0 Å². The van der Waals surface area contributed by atoms with Crippen molar-refractivity contribution in [2.45, 2.75) is 77.7 Å². The summed E-state index contributed by atoms with van der Waals surface area (Å²) < 4.78 is 11.0. The highest BCUT2D eigenvalue weighted by Gasteiger charge is 2.33. The van der Waals surface area contributed by atoms with E-state index in [1.807, 2.05) is 13.8 Å². The van der Waals surface area contributed by atoms with E-state index in [1.54, 1.807) is 0 Å². The Hall–Kier alpha value is -0.900. The van der Waals surface area contributed by atoms with Gasteiger partial charge in [-0.1, -0.05) is 27.2 Å². The smallest absolute Gasteiger partial charge is 0.308 e. The lowest BCUT2D eigenvalue weighted by Crippen LogP contribution is -2.36. The molecule has 0 aromatic rings. The molecule has 21 heavy (non-hydrogen) atoms. The number of esters is 1. The maximum absolute atomic E-state index is 11.9. The van der Waals surface area contributed by atoms with E-state index in [-0.39, 0.29) is 42.9 Å². The molecule has 1 rings (SSSR count). The SMILES string of the molecule is CCC(C)C(=O)COCCC(=O)OC1(CC)CCCCC1. The zero-order valence-electron chi connectivity index (χ0n) is 13.8. The fraction of sp³-hybridized carbons (Fsp3) is 0.882. The van der Waals surface area contributed by atoms with Crippen LogP contribution in [0.5, 0.6) is 0 Å². The highest BCUT2D eigenvalue weighted by molar-refractivity contribution is 5.81. The Bertz CT molecular complexity index is 332. The molecule has 122 valence electrons. The summed E-state index contributed by atoms with van der Waals surface area (Å²) in [4.78, 5) is 23.5. The molecule has 0 bridgehead atoms. The average Bonchev–Trinajstić information content (AvgIpc) is 2.51. The van der Waals surface area contributed by atoms with E-state index < -0.39 is 0 Å². The Balaban J connectivity index is 2.23. The molecule has 1 aliphatic rings. The number of carbonyl (C=O) groups excluding carboxylic acids is 2. The van der Waals surface area contributed by atoms with Gasteiger partial charge in [0, 0.05) is 5.92 Å². The van der Waals surface area contributed by atoms with Crippen molar-refractivity contribution in [3.05, 3.63) is 0 Å². The predicted octanol–water partition coefficient (Wildman–Crippen LogP) is 3.66. The number of hydrogen-bond donors (Lipinski definition) is 0. The third-order valence-corrected chi connectivity index (χ3v) is 4.60. The number of ketones is 1. The standard InChI is InChI=1S/C17H30O4/c1-4-14(3)15(18)13-20-12-9-16(19)21-17(5-2)10-7-6-8-11-17/h14H,4-13H2,1-3H3. The highest BCUT2D eigenvalue weighted by Crippen LogP contribution is 2.34. The third kappa shape index (κ3) is 6.16.